The van der Waals surface area contributed by atoms with Gasteiger partial charge >= 0.3 is 0 Å². The van der Waals surface area contributed by atoms with Crippen LogP contribution in [0.1, 0.15) is 39.0 Å². The van der Waals surface area contributed by atoms with E-state index in [1.807, 2.05) is 0 Å². The number of carbonyl (C=O) groups is 1. The number of rotatable bonds is 9. The van der Waals surface area contributed by atoms with Crippen molar-refractivity contribution in [1.29, 1.82) is 0 Å². The average molecular weight is 236 g/mol. The van der Waals surface area contributed by atoms with Crippen molar-refractivity contribution in [3.63, 3.8) is 0 Å². The van der Waals surface area contributed by atoms with Crippen LogP contribution in [0.25, 0.3) is 0 Å². The monoisotopic (exact) mass is 235 g/mol. The van der Waals surface area contributed by atoms with Gasteiger partial charge in [0, 0.05) is 20.1 Å². The second kappa shape index (κ2) is 10.2. The maximum atomic E-state index is 11.3. The van der Waals surface area contributed by atoms with E-state index < -0.39 is 0 Å². The first-order chi connectivity index (χ1) is 7.20. The summed E-state index contributed by atoms with van der Waals surface area (Å²) in [5.41, 5.74) is 0. The SMILES string of the molecule is CCCCCCC(=O)NCC(Cl)COC. The highest BCUT2D eigenvalue weighted by Gasteiger charge is 2.06. The van der Waals surface area contributed by atoms with E-state index in [-0.39, 0.29) is 11.3 Å². The first-order valence-corrected chi connectivity index (χ1v) is 6.04. The van der Waals surface area contributed by atoms with E-state index in [0.29, 0.717) is 19.6 Å². The molecule has 0 aromatic carbocycles. The number of amides is 1. The maximum Gasteiger partial charge on any atom is 0.220 e. The van der Waals surface area contributed by atoms with Gasteiger partial charge in [0.1, 0.15) is 0 Å². The molecule has 1 atom stereocenters. The van der Waals surface area contributed by atoms with Gasteiger partial charge in [0.25, 0.3) is 0 Å². The molecule has 0 aliphatic rings. The third-order valence-electron chi connectivity index (χ3n) is 2.13. The second-order valence-electron chi connectivity index (χ2n) is 3.67. The molecule has 15 heavy (non-hydrogen) atoms. The molecule has 0 aromatic rings. The van der Waals surface area contributed by atoms with E-state index in [9.17, 15) is 4.79 Å². The van der Waals surface area contributed by atoms with Crippen molar-refractivity contribution in [2.24, 2.45) is 0 Å². The van der Waals surface area contributed by atoms with Gasteiger partial charge in [-0.3, -0.25) is 4.79 Å². The van der Waals surface area contributed by atoms with Crippen LogP contribution in [0.5, 0.6) is 0 Å². The molecule has 0 spiro atoms. The third-order valence-corrected chi connectivity index (χ3v) is 2.41. The molecule has 0 aromatic heterocycles. The molecular weight excluding hydrogens is 214 g/mol. The van der Waals surface area contributed by atoms with Gasteiger partial charge < -0.3 is 10.1 Å². The Morgan fingerprint density at radius 3 is 2.73 bits per heavy atom. The van der Waals surface area contributed by atoms with E-state index in [1.165, 1.54) is 12.8 Å². The standard InChI is InChI=1S/C11H22ClNO2/c1-3-4-5-6-7-11(14)13-8-10(12)9-15-2/h10H,3-9H2,1-2H3,(H,13,14). The van der Waals surface area contributed by atoms with E-state index in [4.69, 9.17) is 16.3 Å². The number of nitrogens with one attached hydrogen (secondary N) is 1. The molecule has 0 bridgehead atoms. The Labute approximate surface area is 97.5 Å². The highest BCUT2D eigenvalue weighted by atomic mass is 35.5. The molecule has 0 rings (SSSR count). The molecule has 0 saturated heterocycles. The molecule has 3 nitrogen and oxygen atoms in total. The largest absolute Gasteiger partial charge is 0.383 e. The van der Waals surface area contributed by atoms with Gasteiger partial charge in [-0.2, -0.15) is 0 Å². The van der Waals surface area contributed by atoms with Crippen molar-refractivity contribution in [3.05, 3.63) is 0 Å². The maximum absolute atomic E-state index is 11.3. The predicted molar refractivity (Wildman–Crippen MR) is 63.3 cm³/mol. The minimum absolute atomic E-state index is 0.0906. The Morgan fingerprint density at radius 1 is 1.40 bits per heavy atom. The van der Waals surface area contributed by atoms with Crippen molar-refractivity contribution >= 4 is 17.5 Å². The molecule has 0 radical (unpaired) electrons. The van der Waals surface area contributed by atoms with E-state index >= 15 is 0 Å². The zero-order chi connectivity index (χ0) is 11.5. The topological polar surface area (TPSA) is 38.3 Å². The summed E-state index contributed by atoms with van der Waals surface area (Å²) in [6, 6.07) is 0. The predicted octanol–water partition coefficient (Wildman–Crippen LogP) is 2.33. The fourth-order valence-corrected chi connectivity index (χ4v) is 1.47. The molecule has 0 saturated carbocycles. The molecule has 90 valence electrons. The van der Waals surface area contributed by atoms with Crippen LogP contribution in [0.3, 0.4) is 0 Å². The lowest BCUT2D eigenvalue weighted by atomic mass is 10.1. The minimum Gasteiger partial charge on any atom is -0.383 e. The summed E-state index contributed by atoms with van der Waals surface area (Å²) in [5.74, 6) is 0.0906. The number of halogens is 1. The number of carbonyl (C=O) groups excluding carboxylic acids is 1. The Kier molecular flexibility index (Phi) is 10.1. The van der Waals surface area contributed by atoms with Crippen LogP contribution in [0, 0.1) is 0 Å². The fraction of sp³-hybridized carbons (Fsp3) is 0.909. The van der Waals surface area contributed by atoms with E-state index in [2.05, 4.69) is 12.2 Å². The van der Waals surface area contributed by atoms with Crippen LogP contribution < -0.4 is 5.32 Å². The lowest BCUT2D eigenvalue weighted by Crippen LogP contribution is -2.31. The number of methoxy groups -OCH3 is 1. The molecule has 0 heterocycles. The van der Waals surface area contributed by atoms with Crippen molar-refractivity contribution in [2.75, 3.05) is 20.3 Å². The Hall–Kier alpha value is -0.280. The number of hydrogen-bond acceptors (Lipinski definition) is 2. The number of hydrogen-bond donors (Lipinski definition) is 1. The van der Waals surface area contributed by atoms with Crippen LogP contribution in [0.15, 0.2) is 0 Å². The fourth-order valence-electron chi connectivity index (χ4n) is 1.27. The normalized spacial score (nSPS) is 12.5. The van der Waals surface area contributed by atoms with Crippen LogP contribution >= 0.6 is 11.6 Å². The number of unbranched alkanes of at least 4 members (excludes halogenated alkanes) is 3. The average Bonchev–Trinajstić information content (AvgIpc) is 2.22. The summed E-state index contributed by atoms with van der Waals surface area (Å²) in [4.78, 5) is 11.3. The van der Waals surface area contributed by atoms with Crippen LogP contribution in [-0.2, 0) is 9.53 Å². The van der Waals surface area contributed by atoms with Crippen molar-refractivity contribution in [2.45, 2.75) is 44.4 Å². The van der Waals surface area contributed by atoms with Gasteiger partial charge in [0.15, 0.2) is 0 Å². The lowest BCUT2D eigenvalue weighted by Gasteiger charge is -2.09. The second-order valence-corrected chi connectivity index (χ2v) is 4.28. The van der Waals surface area contributed by atoms with E-state index in [0.717, 1.165) is 12.8 Å². The molecule has 0 aliphatic heterocycles. The first-order valence-electron chi connectivity index (χ1n) is 5.60. The van der Waals surface area contributed by atoms with E-state index in [1.54, 1.807) is 7.11 Å². The number of alkyl halides is 1. The smallest absolute Gasteiger partial charge is 0.220 e. The lowest BCUT2D eigenvalue weighted by molar-refractivity contribution is -0.121. The van der Waals surface area contributed by atoms with Gasteiger partial charge in [0.05, 0.1) is 12.0 Å². The quantitative estimate of drug-likeness (QED) is 0.492. The first kappa shape index (κ1) is 14.7. The van der Waals surface area contributed by atoms with Gasteiger partial charge in [-0.15, -0.1) is 11.6 Å². The number of ether oxygens (including phenoxy) is 1. The molecule has 4 heteroatoms. The summed E-state index contributed by atoms with van der Waals surface area (Å²) >= 11 is 5.87. The summed E-state index contributed by atoms with van der Waals surface area (Å²) < 4.78 is 4.87. The highest BCUT2D eigenvalue weighted by molar-refractivity contribution is 6.21. The third kappa shape index (κ3) is 10.0. The van der Waals surface area contributed by atoms with Gasteiger partial charge in [0.2, 0.25) is 5.91 Å². The highest BCUT2D eigenvalue weighted by Crippen LogP contribution is 2.02. The molecule has 1 N–H and O–H groups in total. The summed E-state index contributed by atoms with van der Waals surface area (Å²) in [6.07, 6.45) is 5.11. The van der Waals surface area contributed by atoms with Gasteiger partial charge in [-0.05, 0) is 6.42 Å². The summed E-state index contributed by atoms with van der Waals surface area (Å²) in [5, 5.41) is 2.66. The zero-order valence-corrected chi connectivity index (χ0v) is 10.5. The molecular formula is C11H22ClNO2. The Morgan fingerprint density at radius 2 is 2.13 bits per heavy atom. The van der Waals surface area contributed by atoms with Crippen LogP contribution in [0.4, 0.5) is 0 Å². The molecule has 1 unspecified atom stereocenters. The van der Waals surface area contributed by atoms with Crippen molar-refractivity contribution in [3.8, 4) is 0 Å². The molecule has 1 amide bonds. The molecule has 0 aliphatic carbocycles. The Balaban J connectivity index is 3.32. The van der Waals surface area contributed by atoms with Crippen molar-refractivity contribution in [1.82, 2.24) is 5.32 Å². The molecule has 0 fully saturated rings. The van der Waals surface area contributed by atoms with Crippen LogP contribution in [-0.4, -0.2) is 31.5 Å². The van der Waals surface area contributed by atoms with Crippen LogP contribution in [0.2, 0.25) is 0 Å². The summed E-state index contributed by atoms with van der Waals surface area (Å²) in [6.45, 7) is 3.11. The van der Waals surface area contributed by atoms with Crippen molar-refractivity contribution < 1.29 is 9.53 Å². The van der Waals surface area contributed by atoms with Gasteiger partial charge in [-0.1, -0.05) is 26.2 Å². The van der Waals surface area contributed by atoms with Gasteiger partial charge in [-0.25, -0.2) is 0 Å². The zero-order valence-electron chi connectivity index (χ0n) is 9.72. The summed E-state index contributed by atoms with van der Waals surface area (Å²) in [7, 11) is 1.60. The Bertz CT molecular complexity index is 165. The minimum atomic E-state index is -0.130.